The molecule has 0 fully saturated rings. The van der Waals surface area contributed by atoms with Crippen LogP contribution < -0.4 is 10.6 Å². The van der Waals surface area contributed by atoms with E-state index in [0.717, 1.165) is 31.3 Å². The fraction of sp³-hybridized carbons (Fsp3) is 0.462. The molecule has 0 aliphatic carbocycles. The van der Waals surface area contributed by atoms with Gasteiger partial charge in [0.2, 0.25) is 10.0 Å². The Kier molecular flexibility index (Phi) is 10.7. The fourth-order valence-corrected chi connectivity index (χ4v) is 6.94. The lowest BCUT2D eigenvalue weighted by Crippen LogP contribution is -2.37. The van der Waals surface area contributed by atoms with Gasteiger partial charge in [0.05, 0.1) is 30.7 Å². The number of alkyl carbamates (subject to hydrolysis) is 1. The Balaban J connectivity index is 1.88. The molecule has 12 nitrogen and oxygen atoms in total. The van der Waals surface area contributed by atoms with E-state index in [1.807, 2.05) is 6.92 Å². The van der Waals surface area contributed by atoms with E-state index in [4.69, 9.17) is 4.74 Å². The van der Waals surface area contributed by atoms with E-state index in [0.29, 0.717) is 30.0 Å². The first kappa shape index (κ1) is 31.0. The number of hydrogen-bond donors (Lipinski definition) is 2. The molecule has 0 radical (unpaired) electrons. The Morgan fingerprint density at radius 3 is 2.38 bits per heavy atom. The molecule has 40 heavy (non-hydrogen) atoms. The monoisotopic (exact) mass is 594 g/mol. The van der Waals surface area contributed by atoms with Crippen LogP contribution in [0, 0.1) is 0 Å². The zero-order valence-electron chi connectivity index (χ0n) is 22.9. The van der Waals surface area contributed by atoms with Crippen molar-refractivity contribution in [3.8, 4) is 0 Å². The summed E-state index contributed by atoms with van der Waals surface area (Å²) >= 11 is 1.11. The minimum absolute atomic E-state index is 0.0748. The van der Waals surface area contributed by atoms with E-state index in [1.54, 1.807) is 13.8 Å². The Labute approximate surface area is 237 Å². The van der Waals surface area contributed by atoms with Gasteiger partial charge in [-0.05, 0) is 49.6 Å². The molecular weight excluding hydrogens is 560 g/mol. The maximum absolute atomic E-state index is 13.2. The Hall–Kier alpha value is -3.49. The highest BCUT2D eigenvalue weighted by Gasteiger charge is 2.32. The third-order valence-corrected chi connectivity index (χ3v) is 9.43. The maximum atomic E-state index is 13.2. The summed E-state index contributed by atoms with van der Waals surface area (Å²) in [5.74, 6) is -1.33. The van der Waals surface area contributed by atoms with Crippen molar-refractivity contribution in [1.82, 2.24) is 14.5 Å². The van der Waals surface area contributed by atoms with Crippen LogP contribution in [0.3, 0.4) is 0 Å². The summed E-state index contributed by atoms with van der Waals surface area (Å²) < 4.78 is 37.0. The van der Waals surface area contributed by atoms with E-state index in [9.17, 15) is 27.6 Å². The summed E-state index contributed by atoms with van der Waals surface area (Å²) in [6.45, 7) is 6.88. The van der Waals surface area contributed by atoms with Crippen LogP contribution in [0.1, 0.15) is 64.8 Å². The van der Waals surface area contributed by atoms with Gasteiger partial charge < -0.3 is 19.7 Å². The van der Waals surface area contributed by atoms with Crippen LogP contribution in [0.25, 0.3) is 0 Å². The molecule has 2 aromatic rings. The first-order chi connectivity index (χ1) is 19.1. The van der Waals surface area contributed by atoms with Gasteiger partial charge in [0.25, 0.3) is 11.8 Å². The molecule has 2 N–H and O–H groups in total. The molecule has 0 saturated carbocycles. The van der Waals surface area contributed by atoms with E-state index in [-0.39, 0.29) is 40.7 Å². The standard InChI is InChI=1S/C26H34N4O8S2/c1-5-8-14-30(6-2)40(35,36)18-11-9-17(10-12-18)22(31)27-24-21(23(32)28-25(33)37-4)19-13-15-29(16-20(19)39-24)26(34)38-7-3/h9-12H,5-8,13-16H2,1-4H3,(H,27,31)(H,28,32,33). The minimum atomic E-state index is -3.71. The van der Waals surface area contributed by atoms with Crippen molar-refractivity contribution < 1.29 is 37.1 Å². The average Bonchev–Trinajstić information content (AvgIpc) is 3.30. The van der Waals surface area contributed by atoms with Crippen LogP contribution >= 0.6 is 11.3 Å². The second-order valence-corrected chi connectivity index (χ2v) is 11.9. The number of unbranched alkanes of at least 4 members (excludes halogenated alkanes) is 1. The SMILES string of the molecule is CCCCN(CC)S(=O)(=O)c1ccc(C(=O)Nc2sc3c(c2C(=O)NC(=O)OC)CCN(C(=O)OCC)C3)cc1. The van der Waals surface area contributed by atoms with Crippen molar-refractivity contribution in [1.29, 1.82) is 0 Å². The second kappa shape index (κ2) is 13.7. The van der Waals surface area contributed by atoms with Crippen LogP contribution in [-0.2, 0) is 32.5 Å². The Morgan fingerprint density at radius 1 is 1.07 bits per heavy atom. The predicted molar refractivity (Wildman–Crippen MR) is 149 cm³/mol. The summed E-state index contributed by atoms with van der Waals surface area (Å²) in [6.07, 6.45) is 0.463. The molecule has 1 aliphatic heterocycles. The molecular formula is C26H34N4O8S2. The third kappa shape index (κ3) is 6.98. The molecule has 0 atom stereocenters. The number of carbonyl (C=O) groups is 4. The number of amides is 4. The largest absolute Gasteiger partial charge is 0.453 e. The average molecular weight is 595 g/mol. The van der Waals surface area contributed by atoms with Crippen LogP contribution in [0.2, 0.25) is 0 Å². The van der Waals surface area contributed by atoms with Gasteiger partial charge in [-0.15, -0.1) is 11.3 Å². The van der Waals surface area contributed by atoms with Crippen molar-refractivity contribution in [2.45, 2.75) is 51.5 Å². The quantitative estimate of drug-likeness (QED) is 0.421. The highest BCUT2D eigenvalue weighted by Crippen LogP contribution is 2.37. The molecule has 0 unspecified atom stereocenters. The molecule has 14 heteroatoms. The van der Waals surface area contributed by atoms with Gasteiger partial charge in [-0.2, -0.15) is 4.31 Å². The number of nitrogens with zero attached hydrogens (tertiary/aromatic N) is 2. The zero-order valence-corrected chi connectivity index (χ0v) is 24.6. The molecule has 218 valence electrons. The first-order valence-corrected chi connectivity index (χ1v) is 15.2. The number of thiophene rings is 1. The molecule has 1 aromatic carbocycles. The third-order valence-electron chi connectivity index (χ3n) is 6.31. The lowest BCUT2D eigenvalue weighted by molar-refractivity contribution is 0.0936. The molecule has 3 rings (SSSR count). The predicted octanol–water partition coefficient (Wildman–Crippen LogP) is 3.82. The molecule has 4 amide bonds. The van der Waals surface area contributed by atoms with Crippen molar-refractivity contribution in [2.24, 2.45) is 0 Å². The van der Waals surface area contributed by atoms with Crippen molar-refractivity contribution in [3.63, 3.8) is 0 Å². The van der Waals surface area contributed by atoms with E-state index in [1.165, 1.54) is 33.5 Å². The summed E-state index contributed by atoms with van der Waals surface area (Å²) in [6, 6.07) is 5.56. The smallest absolute Gasteiger partial charge is 0.413 e. The van der Waals surface area contributed by atoms with Crippen molar-refractivity contribution in [3.05, 3.63) is 45.8 Å². The normalized spacial score (nSPS) is 13.0. The number of benzene rings is 1. The van der Waals surface area contributed by atoms with Gasteiger partial charge in [-0.1, -0.05) is 20.3 Å². The van der Waals surface area contributed by atoms with E-state index in [2.05, 4.69) is 15.4 Å². The molecule has 0 bridgehead atoms. The number of fused-ring (bicyclic) bond motifs is 1. The number of anilines is 1. The van der Waals surface area contributed by atoms with Crippen molar-refractivity contribution >= 4 is 50.4 Å². The van der Waals surface area contributed by atoms with Crippen LogP contribution in [0.15, 0.2) is 29.2 Å². The molecule has 1 aromatic heterocycles. The minimum Gasteiger partial charge on any atom is -0.453 e. The lowest BCUT2D eigenvalue weighted by Gasteiger charge is -2.26. The van der Waals surface area contributed by atoms with Gasteiger partial charge in [0.1, 0.15) is 5.00 Å². The van der Waals surface area contributed by atoms with Gasteiger partial charge >= 0.3 is 12.2 Å². The highest BCUT2D eigenvalue weighted by molar-refractivity contribution is 7.89. The van der Waals surface area contributed by atoms with E-state index < -0.39 is 34.0 Å². The number of nitrogens with one attached hydrogen (secondary N) is 2. The van der Waals surface area contributed by atoms with Gasteiger partial charge in [0, 0.05) is 30.1 Å². The van der Waals surface area contributed by atoms with E-state index >= 15 is 0 Å². The Bertz CT molecular complexity index is 1360. The van der Waals surface area contributed by atoms with Crippen molar-refractivity contribution in [2.75, 3.05) is 38.7 Å². The fourth-order valence-electron chi connectivity index (χ4n) is 4.19. The summed E-state index contributed by atoms with van der Waals surface area (Å²) in [5.41, 5.74) is 0.890. The molecule has 0 spiro atoms. The Morgan fingerprint density at radius 2 is 1.77 bits per heavy atom. The molecule has 1 aliphatic rings. The van der Waals surface area contributed by atoms with Crippen LogP contribution in [0.4, 0.5) is 14.6 Å². The summed E-state index contributed by atoms with van der Waals surface area (Å²) in [4.78, 5) is 52.4. The second-order valence-electron chi connectivity index (χ2n) is 8.85. The molecule has 2 heterocycles. The number of hydrogen-bond acceptors (Lipinski definition) is 9. The number of sulfonamides is 1. The first-order valence-electron chi connectivity index (χ1n) is 12.9. The van der Waals surface area contributed by atoms with Crippen LogP contribution in [0.5, 0.6) is 0 Å². The number of imide groups is 1. The maximum Gasteiger partial charge on any atom is 0.413 e. The molecule has 0 saturated heterocycles. The lowest BCUT2D eigenvalue weighted by atomic mass is 10.0. The van der Waals surface area contributed by atoms with Gasteiger partial charge in [0.15, 0.2) is 0 Å². The summed E-state index contributed by atoms with van der Waals surface area (Å²) in [5, 5.41) is 5.03. The zero-order chi connectivity index (χ0) is 29.4. The number of rotatable bonds is 10. The van der Waals surface area contributed by atoms with Gasteiger partial charge in [-0.25, -0.2) is 18.0 Å². The van der Waals surface area contributed by atoms with Gasteiger partial charge in [-0.3, -0.25) is 14.9 Å². The highest BCUT2D eigenvalue weighted by atomic mass is 32.2. The number of carbonyl (C=O) groups excluding carboxylic acids is 4. The number of ether oxygens (including phenoxy) is 2. The van der Waals surface area contributed by atoms with Crippen LogP contribution in [-0.4, -0.2) is 75.0 Å². The number of methoxy groups -OCH3 is 1. The summed E-state index contributed by atoms with van der Waals surface area (Å²) in [7, 11) is -2.59. The topological polar surface area (TPSA) is 151 Å².